The summed E-state index contributed by atoms with van der Waals surface area (Å²) in [5.41, 5.74) is 1.35. The zero-order valence-electron chi connectivity index (χ0n) is 13.7. The van der Waals surface area contributed by atoms with Crippen LogP contribution in [0.15, 0.2) is 24.3 Å². The van der Waals surface area contributed by atoms with E-state index in [1.807, 2.05) is 0 Å². The molecule has 21 heavy (non-hydrogen) atoms. The molecule has 0 saturated heterocycles. The lowest BCUT2D eigenvalue weighted by Crippen LogP contribution is -2.24. The van der Waals surface area contributed by atoms with Crippen molar-refractivity contribution in [2.45, 2.75) is 58.9 Å². The van der Waals surface area contributed by atoms with Crippen LogP contribution in [-0.4, -0.2) is 13.2 Å². The number of hydrogen-bond acceptors (Lipinski definition) is 2. The van der Waals surface area contributed by atoms with Crippen molar-refractivity contribution >= 4 is 0 Å². The van der Waals surface area contributed by atoms with Crippen molar-refractivity contribution in [1.29, 1.82) is 0 Å². The molecule has 1 aliphatic rings. The van der Waals surface area contributed by atoms with Crippen LogP contribution < -0.4 is 10.1 Å². The van der Waals surface area contributed by atoms with E-state index >= 15 is 0 Å². The van der Waals surface area contributed by atoms with Crippen LogP contribution in [-0.2, 0) is 6.54 Å². The molecule has 0 bridgehead atoms. The Balaban J connectivity index is 1.64. The van der Waals surface area contributed by atoms with Crippen molar-refractivity contribution in [3.05, 3.63) is 29.8 Å². The van der Waals surface area contributed by atoms with Crippen molar-refractivity contribution in [2.24, 2.45) is 11.8 Å². The number of nitrogens with one attached hydrogen (secondary N) is 1. The van der Waals surface area contributed by atoms with Crippen molar-refractivity contribution in [3.8, 4) is 5.75 Å². The van der Waals surface area contributed by atoms with E-state index in [1.165, 1.54) is 44.2 Å². The summed E-state index contributed by atoms with van der Waals surface area (Å²) in [5.74, 6) is 2.59. The highest BCUT2D eigenvalue weighted by atomic mass is 16.5. The van der Waals surface area contributed by atoms with E-state index in [-0.39, 0.29) is 0 Å². The van der Waals surface area contributed by atoms with Gasteiger partial charge < -0.3 is 10.1 Å². The van der Waals surface area contributed by atoms with Gasteiger partial charge >= 0.3 is 0 Å². The van der Waals surface area contributed by atoms with E-state index in [9.17, 15) is 0 Å². The van der Waals surface area contributed by atoms with Crippen LogP contribution in [0.2, 0.25) is 0 Å². The first-order valence-corrected chi connectivity index (χ1v) is 8.66. The number of ether oxygens (including phenoxy) is 1. The summed E-state index contributed by atoms with van der Waals surface area (Å²) >= 11 is 0. The normalized spacial score (nSPS) is 16.3. The largest absolute Gasteiger partial charge is 0.494 e. The molecule has 0 spiro atoms. The first-order chi connectivity index (χ1) is 10.2. The fourth-order valence-electron chi connectivity index (χ4n) is 2.93. The number of rotatable bonds is 8. The molecular weight excluding hydrogens is 258 g/mol. The molecule has 1 aliphatic carbocycles. The van der Waals surface area contributed by atoms with E-state index in [0.29, 0.717) is 5.92 Å². The Bertz CT molecular complexity index is 379. The van der Waals surface area contributed by atoms with E-state index in [0.717, 1.165) is 31.2 Å². The number of hydrogen-bond donors (Lipinski definition) is 1. The molecule has 1 saturated carbocycles. The van der Waals surface area contributed by atoms with Gasteiger partial charge in [0.1, 0.15) is 5.75 Å². The van der Waals surface area contributed by atoms with Gasteiger partial charge in [0, 0.05) is 6.54 Å². The second-order valence-electron chi connectivity index (χ2n) is 6.81. The molecule has 118 valence electrons. The fourth-order valence-corrected chi connectivity index (χ4v) is 2.93. The average Bonchev–Trinajstić information content (AvgIpc) is 2.50. The van der Waals surface area contributed by atoms with Gasteiger partial charge in [0.25, 0.3) is 0 Å². The molecular formula is C19H31NO. The van der Waals surface area contributed by atoms with Crippen LogP contribution in [0.5, 0.6) is 5.75 Å². The maximum Gasteiger partial charge on any atom is 0.119 e. The second kappa shape index (κ2) is 9.09. The quantitative estimate of drug-likeness (QED) is 0.743. The van der Waals surface area contributed by atoms with Crippen LogP contribution in [0.25, 0.3) is 0 Å². The summed E-state index contributed by atoms with van der Waals surface area (Å²) in [6.45, 7) is 7.42. The molecule has 0 heterocycles. The van der Waals surface area contributed by atoms with Gasteiger partial charge in [-0.05, 0) is 55.3 Å². The molecule has 1 fully saturated rings. The molecule has 1 aromatic rings. The van der Waals surface area contributed by atoms with Gasteiger partial charge in [-0.1, -0.05) is 45.2 Å². The summed E-state index contributed by atoms with van der Waals surface area (Å²) < 4.78 is 5.75. The van der Waals surface area contributed by atoms with Gasteiger partial charge in [0.2, 0.25) is 0 Å². The third kappa shape index (κ3) is 6.52. The molecule has 0 atom stereocenters. The highest BCUT2D eigenvalue weighted by Gasteiger charge is 2.12. The van der Waals surface area contributed by atoms with E-state index in [1.54, 1.807) is 0 Å². The molecule has 1 N–H and O–H groups in total. The number of benzene rings is 1. The minimum absolute atomic E-state index is 0.702. The lowest BCUT2D eigenvalue weighted by atomic mass is 9.89. The minimum Gasteiger partial charge on any atom is -0.494 e. The third-order valence-electron chi connectivity index (χ3n) is 4.37. The summed E-state index contributed by atoms with van der Waals surface area (Å²) in [5, 5.41) is 3.61. The Morgan fingerprint density at radius 3 is 2.48 bits per heavy atom. The average molecular weight is 289 g/mol. The molecule has 0 aliphatic heterocycles. The van der Waals surface area contributed by atoms with Crippen molar-refractivity contribution < 1.29 is 4.74 Å². The monoisotopic (exact) mass is 289 g/mol. The van der Waals surface area contributed by atoms with Gasteiger partial charge in [-0.15, -0.1) is 0 Å². The Kier molecular flexibility index (Phi) is 7.08. The predicted molar refractivity (Wildman–Crippen MR) is 89.7 cm³/mol. The third-order valence-corrected chi connectivity index (χ3v) is 4.37. The zero-order valence-corrected chi connectivity index (χ0v) is 13.7. The first kappa shape index (κ1) is 16.4. The summed E-state index contributed by atoms with van der Waals surface area (Å²) in [6, 6.07) is 8.55. The molecule has 2 heteroatoms. The van der Waals surface area contributed by atoms with Gasteiger partial charge in [0.05, 0.1) is 6.61 Å². The standard InChI is InChI=1S/C19H31NO/c1-16(2)12-13-21-19-10-8-18(9-11-19)15-20-14-17-6-4-3-5-7-17/h8-11,16-17,20H,3-7,12-15H2,1-2H3. The van der Waals surface area contributed by atoms with Crippen LogP contribution in [0, 0.1) is 11.8 Å². The maximum absolute atomic E-state index is 5.75. The summed E-state index contributed by atoms with van der Waals surface area (Å²) in [6.07, 6.45) is 8.23. The summed E-state index contributed by atoms with van der Waals surface area (Å²) in [4.78, 5) is 0. The van der Waals surface area contributed by atoms with Gasteiger partial charge in [-0.25, -0.2) is 0 Å². The zero-order chi connectivity index (χ0) is 14.9. The van der Waals surface area contributed by atoms with Gasteiger partial charge in [-0.3, -0.25) is 0 Å². The highest BCUT2D eigenvalue weighted by Crippen LogP contribution is 2.22. The lowest BCUT2D eigenvalue weighted by Gasteiger charge is -2.21. The van der Waals surface area contributed by atoms with Gasteiger partial charge in [-0.2, -0.15) is 0 Å². The Morgan fingerprint density at radius 1 is 1.10 bits per heavy atom. The smallest absolute Gasteiger partial charge is 0.119 e. The Hall–Kier alpha value is -1.02. The van der Waals surface area contributed by atoms with Crippen molar-refractivity contribution in [2.75, 3.05) is 13.2 Å². The van der Waals surface area contributed by atoms with Crippen LogP contribution in [0.1, 0.15) is 57.9 Å². The van der Waals surface area contributed by atoms with Crippen LogP contribution >= 0.6 is 0 Å². The Labute approximate surface area is 130 Å². The first-order valence-electron chi connectivity index (χ1n) is 8.66. The van der Waals surface area contributed by atoms with E-state index in [2.05, 4.69) is 43.4 Å². The molecule has 0 amide bonds. The molecule has 0 radical (unpaired) electrons. The maximum atomic E-state index is 5.75. The molecule has 1 aromatic carbocycles. The molecule has 0 aromatic heterocycles. The lowest BCUT2D eigenvalue weighted by molar-refractivity contribution is 0.289. The summed E-state index contributed by atoms with van der Waals surface area (Å²) in [7, 11) is 0. The van der Waals surface area contributed by atoms with E-state index < -0.39 is 0 Å². The SMILES string of the molecule is CC(C)CCOc1ccc(CNCC2CCCCC2)cc1. The van der Waals surface area contributed by atoms with Crippen LogP contribution in [0.4, 0.5) is 0 Å². The minimum atomic E-state index is 0.702. The van der Waals surface area contributed by atoms with Crippen molar-refractivity contribution in [3.63, 3.8) is 0 Å². The van der Waals surface area contributed by atoms with Crippen LogP contribution in [0.3, 0.4) is 0 Å². The predicted octanol–water partition coefficient (Wildman–Crippen LogP) is 4.78. The topological polar surface area (TPSA) is 21.3 Å². The Morgan fingerprint density at radius 2 is 1.81 bits per heavy atom. The fraction of sp³-hybridized carbons (Fsp3) is 0.684. The molecule has 2 nitrogen and oxygen atoms in total. The van der Waals surface area contributed by atoms with E-state index in [4.69, 9.17) is 4.74 Å². The second-order valence-corrected chi connectivity index (χ2v) is 6.81. The molecule has 2 rings (SSSR count). The molecule has 0 unspecified atom stereocenters. The van der Waals surface area contributed by atoms with Crippen molar-refractivity contribution in [1.82, 2.24) is 5.32 Å². The van der Waals surface area contributed by atoms with Gasteiger partial charge in [0.15, 0.2) is 0 Å². The highest BCUT2D eigenvalue weighted by molar-refractivity contribution is 5.27.